The van der Waals surface area contributed by atoms with E-state index in [-0.39, 0.29) is 6.04 Å². The minimum Gasteiger partial charge on any atom is -0.334 e. The molecule has 0 unspecified atom stereocenters. The average Bonchev–Trinajstić information content (AvgIpc) is 2.83. The van der Waals surface area contributed by atoms with Crippen LogP contribution in [0.2, 0.25) is 5.02 Å². The summed E-state index contributed by atoms with van der Waals surface area (Å²) in [5.41, 5.74) is 2.40. The fraction of sp³-hybridized carbons (Fsp3) is 0.357. The van der Waals surface area contributed by atoms with Gasteiger partial charge in [-0.25, -0.2) is 4.98 Å². The van der Waals surface area contributed by atoms with Crippen LogP contribution in [0.1, 0.15) is 31.1 Å². The number of aryl methyl sites for hydroxylation is 1. The van der Waals surface area contributed by atoms with Crippen molar-refractivity contribution in [2.24, 2.45) is 0 Å². The minimum atomic E-state index is 0.268. The number of halogens is 1. The van der Waals surface area contributed by atoms with Gasteiger partial charge in [0, 0.05) is 30.4 Å². The lowest BCUT2D eigenvalue weighted by Crippen LogP contribution is -2.19. The highest BCUT2D eigenvalue weighted by atomic mass is 35.5. The van der Waals surface area contributed by atoms with E-state index in [0.29, 0.717) is 0 Å². The standard InChI is InChI=1S/C14H18ClN3/c1-3-18-10-16-8-14(18)9-17-11(2)12-5-4-6-13(15)7-12/h4-8,10-11,17H,3,9H2,1-2H3/t11-/m1/s1. The van der Waals surface area contributed by atoms with Crippen molar-refractivity contribution < 1.29 is 0 Å². The number of hydrogen-bond donors (Lipinski definition) is 1. The monoisotopic (exact) mass is 263 g/mol. The zero-order chi connectivity index (χ0) is 13.0. The average molecular weight is 264 g/mol. The Balaban J connectivity index is 1.98. The quantitative estimate of drug-likeness (QED) is 0.896. The molecule has 0 saturated heterocycles. The van der Waals surface area contributed by atoms with Gasteiger partial charge in [-0.05, 0) is 31.5 Å². The van der Waals surface area contributed by atoms with Crippen LogP contribution >= 0.6 is 11.6 Å². The third-order valence-electron chi connectivity index (χ3n) is 3.08. The predicted molar refractivity (Wildman–Crippen MR) is 74.6 cm³/mol. The SMILES string of the molecule is CCn1cncc1CN[C@H](C)c1cccc(Cl)c1. The Hall–Kier alpha value is -1.32. The van der Waals surface area contributed by atoms with Crippen molar-refractivity contribution in [2.75, 3.05) is 0 Å². The van der Waals surface area contributed by atoms with Gasteiger partial charge in [0.2, 0.25) is 0 Å². The molecule has 0 aliphatic carbocycles. The van der Waals surface area contributed by atoms with E-state index in [1.807, 2.05) is 30.7 Å². The van der Waals surface area contributed by atoms with E-state index in [9.17, 15) is 0 Å². The molecule has 1 N–H and O–H groups in total. The Kier molecular flexibility index (Phi) is 4.39. The summed E-state index contributed by atoms with van der Waals surface area (Å²) in [4.78, 5) is 4.16. The van der Waals surface area contributed by atoms with E-state index < -0.39 is 0 Å². The highest BCUT2D eigenvalue weighted by Gasteiger charge is 2.07. The van der Waals surface area contributed by atoms with E-state index >= 15 is 0 Å². The van der Waals surface area contributed by atoms with Crippen LogP contribution in [-0.2, 0) is 13.1 Å². The van der Waals surface area contributed by atoms with E-state index in [1.165, 1.54) is 11.3 Å². The van der Waals surface area contributed by atoms with Crippen LogP contribution in [0.4, 0.5) is 0 Å². The van der Waals surface area contributed by atoms with Crippen LogP contribution in [-0.4, -0.2) is 9.55 Å². The first-order valence-electron chi connectivity index (χ1n) is 6.18. The summed E-state index contributed by atoms with van der Waals surface area (Å²) in [6, 6.07) is 8.22. The number of nitrogens with zero attached hydrogens (tertiary/aromatic N) is 2. The van der Waals surface area contributed by atoms with Crippen molar-refractivity contribution in [3.8, 4) is 0 Å². The molecule has 96 valence electrons. The zero-order valence-corrected chi connectivity index (χ0v) is 11.5. The van der Waals surface area contributed by atoms with Crippen molar-refractivity contribution in [3.05, 3.63) is 53.1 Å². The fourth-order valence-corrected chi connectivity index (χ4v) is 2.13. The zero-order valence-electron chi connectivity index (χ0n) is 10.7. The van der Waals surface area contributed by atoms with Crippen LogP contribution < -0.4 is 5.32 Å². The Morgan fingerprint density at radius 2 is 2.28 bits per heavy atom. The number of benzene rings is 1. The summed E-state index contributed by atoms with van der Waals surface area (Å²) in [6.07, 6.45) is 3.77. The maximum absolute atomic E-state index is 5.99. The third kappa shape index (κ3) is 3.12. The topological polar surface area (TPSA) is 29.9 Å². The van der Waals surface area contributed by atoms with E-state index in [0.717, 1.165) is 18.1 Å². The highest BCUT2D eigenvalue weighted by Crippen LogP contribution is 2.17. The summed E-state index contributed by atoms with van der Waals surface area (Å²) in [5.74, 6) is 0. The molecule has 0 radical (unpaired) electrons. The summed E-state index contributed by atoms with van der Waals surface area (Å²) < 4.78 is 2.14. The van der Waals surface area contributed by atoms with Gasteiger partial charge in [0.1, 0.15) is 0 Å². The molecule has 4 heteroatoms. The van der Waals surface area contributed by atoms with Crippen LogP contribution in [0.5, 0.6) is 0 Å². The van der Waals surface area contributed by atoms with Crippen LogP contribution in [0.25, 0.3) is 0 Å². The van der Waals surface area contributed by atoms with E-state index in [4.69, 9.17) is 11.6 Å². The molecule has 0 saturated carbocycles. The maximum Gasteiger partial charge on any atom is 0.0948 e. The van der Waals surface area contributed by atoms with Gasteiger partial charge in [-0.2, -0.15) is 0 Å². The van der Waals surface area contributed by atoms with Crippen LogP contribution in [0, 0.1) is 0 Å². The Labute approximate surface area is 113 Å². The van der Waals surface area contributed by atoms with Gasteiger partial charge in [0.05, 0.1) is 12.0 Å². The molecule has 1 atom stereocenters. The molecule has 0 fully saturated rings. The van der Waals surface area contributed by atoms with Crippen molar-refractivity contribution >= 4 is 11.6 Å². The first-order valence-corrected chi connectivity index (χ1v) is 6.56. The fourth-order valence-electron chi connectivity index (χ4n) is 1.93. The summed E-state index contributed by atoms with van der Waals surface area (Å²) in [7, 11) is 0. The van der Waals surface area contributed by atoms with Crippen molar-refractivity contribution in [3.63, 3.8) is 0 Å². The van der Waals surface area contributed by atoms with Gasteiger partial charge in [0.25, 0.3) is 0 Å². The number of hydrogen-bond acceptors (Lipinski definition) is 2. The van der Waals surface area contributed by atoms with E-state index in [1.54, 1.807) is 0 Å². The molecule has 0 aliphatic rings. The van der Waals surface area contributed by atoms with Gasteiger partial charge in [-0.1, -0.05) is 23.7 Å². The second-order valence-electron chi connectivity index (χ2n) is 4.33. The first kappa shape index (κ1) is 13.1. The predicted octanol–water partition coefficient (Wildman–Crippen LogP) is 3.41. The summed E-state index contributed by atoms with van der Waals surface area (Å²) in [6.45, 7) is 6.01. The van der Waals surface area contributed by atoms with Gasteiger partial charge in [-0.15, -0.1) is 0 Å². The van der Waals surface area contributed by atoms with Crippen molar-refractivity contribution in [1.82, 2.24) is 14.9 Å². The van der Waals surface area contributed by atoms with Crippen molar-refractivity contribution in [1.29, 1.82) is 0 Å². The molecule has 2 aromatic rings. The van der Waals surface area contributed by atoms with E-state index in [2.05, 4.69) is 34.8 Å². The molecule has 1 aromatic heterocycles. The van der Waals surface area contributed by atoms with Gasteiger partial charge >= 0.3 is 0 Å². The molecule has 2 rings (SSSR count). The molecule has 0 amide bonds. The number of imidazole rings is 1. The Morgan fingerprint density at radius 1 is 1.44 bits per heavy atom. The number of aromatic nitrogens is 2. The maximum atomic E-state index is 5.99. The molecule has 1 aromatic carbocycles. The smallest absolute Gasteiger partial charge is 0.0948 e. The highest BCUT2D eigenvalue weighted by molar-refractivity contribution is 6.30. The lowest BCUT2D eigenvalue weighted by Gasteiger charge is -2.15. The lowest BCUT2D eigenvalue weighted by atomic mass is 10.1. The van der Waals surface area contributed by atoms with Gasteiger partial charge in [0.15, 0.2) is 0 Å². The Morgan fingerprint density at radius 3 is 3.00 bits per heavy atom. The molecular formula is C14H18ClN3. The minimum absolute atomic E-state index is 0.268. The van der Waals surface area contributed by atoms with Gasteiger partial charge in [-0.3, -0.25) is 0 Å². The number of rotatable bonds is 5. The molecule has 0 bridgehead atoms. The van der Waals surface area contributed by atoms with Crippen molar-refractivity contribution in [2.45, 2.75) is 33.0 Å². The Bertz CT molecular complexity index is 507. The molecular weight excluding hydrogens is 246 g/mol. The third-order valence-corrected chi connectivity index (χ3v) is 3.31. The first-order chi connectivity index (χ1) is 8.70. The molecule has 18 heavy (non-hydrogen) atoms. The van der Waals surface area contributed by atoms with Gasteiger partial charge < -0.3 is 9.88 Å². The normalized spacial score (nSPS) is 12.6. The number of nitrogens with one attached hydrogen (secondary N) is 1. The lowest BCUT2D eigenvalue weighted by molar-refractivity contribution is 0.549. The largest absolute Gasteiger partial charge is 0.334 e. The summed E-state index contributed by atoms with van der Waals surface area (Å²) >= 11 is 5.99. The summed E-state index contributed by atoms with van der Waals surface area (Å²) in [5, 5.41) is 4.26. The van der Waals surface area contributed by atoms with Crippen LogP contribution in [0.3, 0.4) is 0 Å². The molecule has 1 heterocycles. The molecule has 3 nitrogen and oxygen atoms in total. The van der Waals surface area contributed by atoms with Crippen LogP contribution in [0.15, 0.2) is 36.8 Å². The molecule has 0 aliphatic heterocycles. The second kappa shape index (κ2) is 6.03. The second-order valence-corrected chi connectivity index (χ2v) is 4.77. The molecule has 0 spiro atoms.